The van der Waals surface area contributed by atoms with Crippen molar-refractivity contribution in [2.45, 2.75) is 33.2 Å². The second-order valence-electron chi connectivity index (χ2n) is 7.35. The van der Waals surface area contributed by atoms with E-state index in [2.05, 4.69) is 14.9 Å². The van der Waals surface area contributed by atoms with Crippen molar-refractivity contribution in [3.05, 3.63) is 77.4 Å². The molecule has 1 fully saturated rings. The summed E-state index contributed by atoms with van der Waals surface area (Å²) in [5, 5.41) is 2.98. The summed E-state index contributed by atoms with van der Waals surface area (Å²) >= 11 is 0. The van der Waals surface area contributed by atoms with E-state index < -0.39 is 0 Å². The molecule has 0 saturated carbocycles. The second-order valence-corrected chi connectivity index (χ2v) is 7.35. The van der Waals surface area contributed by atoms with Crippen LogP contribution in [0.3, 0.4) is 0 Å². The van der Waals surface area contributed by atoms with E-state index in [4.69, 9.17) is 0 Å². The van der Waals surface area contributed by atoms with E-state index in [1.807, 2.05) is 62.4 Å². The number of aromatic nitrogens is 2. The minimum atomic E-state index is -0.157. The fourth-order valence-corrected chi connectivity index (χ4v) is 3.80. The number of hydrogen-bond acceptors (Lipinski definition) is 3. The Morgan fingerprint density at radius 3 is 2.72 bits per heavy atom. The number of carbonyl (C=O) groups is 2. The van der Waals surface area contributed by atoms with Gasteiger partial charge in [-0.05, 0) is 56.7 Å². The highest BCUT2D eigenvalue weighted by Crippen LogP contribution is 2.25. The summed E-state index contributed by atoms with van der Waals surface area (Å²) in [5.41, 5.74) is 5.00. The van der Waals surface area contributed by atoms with Gasteiger partial charge in [-0.3, -0.25) is 14.6 Å². The Bertz CT molecular complexity index is 1060. The quantitative estimate of drug-likeness (QED) is 0.720. The van der Waals surface area contributed by atoms with Gasteiger partial charge >= 0.3 is 0 Å². The lowest BCUT2D eigenvalue weighted by Gasteiger charge is -2.16. The van der Waals surface area contributed by atoms with Gasteiger partial charge in [0.1, 0.15) is 0 Å². The van der Waals surface area contributed by atoms with Crippen LogP contribution >= 0.6 is 0 Å². The molecule has 1 aromatic carbocycles. The number of carbonyl (C=O) groups excluding carboxylic acids is 2. The third kappa shape index (κ3) is 3.92. The Morgan fingerprint density at radius 1 is 1.14 bits per heavy atom. The van der Waals surface area contributed by atoms with E-state index in [0.717, 1.165) is 35.7 Å². The van der Waals surface area contributed by atoms with Gasteiger partial charge in [0, 0.05) is 41.9 Å². The lowest BCUT2D eigenvalue weighted by atomic mass is 10.2. The van der Waals surface area contributed by atoms with Gasteiger partial charge in [-0.25, -0.2) is 0 Å². The molecule has 1 N–H and O–H groups in total. The monoisotopic (exact) mass is 388 g/mol. The summed E-state index contributed by atoms with van der Waals surface area (Å²) in [6.07, 6.45) is 3.23. The summed E-state index contributed by atoms with van der Waals surface area (Å²) in [6.45, 7) is 5.29. The Balaban J connectivity index is 1.53. The van der Waals surface area contributed by atoms with Gasteiger partial charge in [-0.2, -0.15) is 0 Å². The van der Waals surface area contributed by atoms with E-state index in [0.29, 0.717) is 24.2 Å². The van der Waals surface area contributed by atoms with E-state index in [9.17, 15) is 9.59 Å². The summed E-state index contributed by atoms with van der Waals surface area (Å²) in [4.78, 5) is 31.1. The molecule has 1 aliphatic rings. The van der Waals surface area contributed by atoms with Crippen molar-refractivity contribution >= 4 is 23.2 Å². The van der Waals surface area contributed by atoms with Crippen molar-refractivity contribution in [3.8, 4) is 0 Å². The average Bonchev–Trinajstić information content (AvgIpc) is 3.27. The van der Waals surface area contributed by atoms with Gasteiger partial charge in [0.15, 0.2) is 0 Å². The van der Waals surface area contributed by atoms with Gasteiger partial charge in [0.05, 0.1) is 17.8 Å². The highest BCUT2D eigenvalue weighted by Gasteiger charge is 2.22. The smallest absolute Gasteiger partial charge is 0.257 e. The van der Waals surface area contributed by atoms with Crippen LogP contribution in [0.15, 0.2) is 54.7 Å². The maximum Gasteiger partial charge on any atom is 0.257 e. The first-order valence-corrected chi connectivity index (χ1v) is 9.81. The summed E-state index contributed by atoms with van der Waals surface area (Å²) in [6, 6.07) is 15.2. The third-order valence-electron chi connectivity index (χ3n) is 5.35. The minimum absolute atomic E-state index is 0.131. The summed E-state index contributed by atoms with van der Waals surface area (Å²) < 4.78 is 2.09. The maximum absolute atomic E-state index is 12.9. The molecule has 1 saturated heterocycles. The fraction of sp³-hybridized carbons (Fsp3) is 0.261. The van der Waals surface area contributed by atoms with Gasteiger partial charge in [0.25, 0.3) is 5.91 Å². The largest absolute Gasteiger partial charge is 0.342 e. The van der Waals surface area contributed by atoms with Crippen molar-refractivity contribution in [2.75, 3.05) is 16.8 Å². The summed E-state index contributed by atoms with van der Waals surface area (Å²) in [7, 11) is 0. The molecule has 29 heavy (non-hydrogen) atoms. The fourth-order valence-electron chi connectivity index (χ4n) is 3.80. The number of pyridine rings is 1. The van der Waals surface area contributed by atoms with Gasteiger partial charge in [0.2, 0.25) is 5.91 Å². The topological polar surface area (TPSA) is 67.2 Å². The molecule has 6 nitrogen and oxygen atoms in total. The molecule has 2 aromatic heterocycles. The van der Waals surface area contributed by atoms with Crippen LogP contribution in [-0.2, 0) is 11.3 Å². The minimum Gasteiger partial charge on any atom is -0.342 e. The van der Waals surface area contributed by atoms with Crippen LogP contribution in [0.2, 0.25) is 0 Å². The Hall–Kier alpha value is -3.41. The molecule has 0 bridgehead atoms. The molecule has 0 unspecified atom stereocenters. The van der Waals surface area contributed by atoms with E-state index >= 15 is 0 Å². The lowest BCUT2D eigenvalue weighted by molar-refractivity contribution is -0.117. The number of anilines is 2. The zero-order valence-corrected chi connectivity index (χ0v) is 16.7. The Morgan fingerprint density at radius 2 is 2.00 bits per heavy atom. The van der Waals surface area contributed by atoms with E-state index in [1.54, 1.807) is 11.1 Å². The first-order valence-electron chi connectivity index (χ1n) is 9.81. The molecule has 0 aliphatic carbocycles. The molecule has 3 heterocycles. The van der Waals surface area contributed by atoms with Gasteiger partial charge < -0.3 is 14.8 Å². The molecule has 0 spiro atoms. The van der Waals surface area contributed by atoms with Crippen LogP contribution in [0.4, 0.5) is 11.4 Å². The van der Waals surface area contributed by atoms with Gasteiger partial charge in [-0.1, -0.05) is 12.1 Å². The van der Waals surface area contributed by atoms with Crippen LogP contribution in [-0.4, -0.2) is 27.9 Å². The van der Waals surface area contributed by atoms with Gasteiger partial charge in [-0.15, -0.1) is 0 Å². The van der Waals surface area contributed by atoms with E-state index in [-0.39, 0.29) is 11.8 Å². The molecular weight excluding hydrogens is 364 g/mol. The van der Waals surface area contributed by atoms with Crippen molar-refractivity contribution in [2.24, 2.45) is 0 Å². The standard InChI is InChI=1S/C23H24N4O2/c1-16-13-21(17(2)27(16)15-19-7-3-4-11-24-19)23(29)25-18-8-5-9-20(14-18)26-12-6-10-22(26)28/h3-5,7-9,11,13-14H,6,10,12,15H2,1-2H3,(H,25,29). The number of nitrogens with zero attached hydrogens (tertiary/aromatic N) is 3. The number of nitrogens with one attached hydrogen (secondary N) is 1. The van der Waals surface area contributed by atoms with Crippen molar-refractivity contribution in [3.63, 3.8) is 0 Å². The first kappa shape index (κ1) is 18.9. The van der Waals surface area contributed by atoms with E-state index in [1.165, 1.54) is 0 Å². The van der Waals surface area contributed by atoms with Crippen LogP contribution in [0.5, 0.6) is 0 Å². The molecular formula is C23H24N4O2. The van der Waals surface area contributed by atoms with Crippen molar-refractivity contribution in [1.29, 1.82) is 0 Å². The average molecular weight is 388 g/mol. The molecule has 4 rings (SSSR count). The van der Waals surface area contributed by atoms with Crippen molar-refractivity contribution in [1.82, 2.24) is 9.55 Å². The predicted molar refractivity (Wildman–Crippen MR) is 113 cm³/mol. The number of rotatable bonds is 5. The number of amides is 2. The molecule has 2 amide bonds. The second kappa shape index (κ2) is 7.91. The molecule has 148 valence electrons. The zero-order chi connectivity index (χ0) is 20.4. The molecule has 0 radical (unpaired) electrons. The Kier molecular flexibility index (Phi) is 5.16. The van der Waals surface area contributed by atoms with Crippen LogP contribution < -0.4 is 10.2 Å². The number of benzene rings is 1. The SMILES string of the molecule is Cc1cc(C(=O)Nc2cccc(N3CCCC3=O)c2)c(C)n1Cc1ccccn1. The highest BCUT2D eigenvalue weighted by molar-refractivity contribution is 6.06. The lowest BCUT2D eigenvalue weighted by Crippen LogP contribution is -2.23. The van der Waals surface area contributed by atoms with Crippen molar-refractivity contribution < 1.29 is 9.59 Å². The summed E-state index contributed by atoms with van der Waals surface area (Å²) in [5.74, 6) is -0.0261. The third-order valence-corrected chi connectivity index (χ3v) is 5.35. The molecule has 0 atom stereocenters. The number of aryl methyl sites for hydroxylation is 1. The maximum atomic E-state index is 12.9. The van der Waals surface area contributed by atoms with Crippen LogP contribution in [0, 0.1) is 13.8 Å². The Labute approximate surface area is 170 Å². The van der Waals surface area contributed by atoms with Crippen LogP contribution in [0.1, 0.15) is 40.3 Å². The molecule has 1 aliphatic heterocycles. The molecule has 3 aromatic rings. The normalized spacial score (nSPS) is 13.7. The van der Waals surface area contributed by atoms with Crippen LogP contribution in [0.25, 0.3) is 0 Å². The zero-order valence-electron chi connectivity index (χ0n) is 16.7. The first-order chi connectivity index (χ1) is 14.0. The number of hydrogen-bond donors (Lipinski definition) is 1. The molecule has 6 heteroatoms. The predicted octanol–water partition coefficient (Wildman–Crippen LogP) is 3.93. The highest BCUT2D eigenvalue weighted by atomic mass is 16.2.